The maximum absolute atomic E-state index is 12.5. The van der Waals surface area contributed by atoms with Crippen LogP contribution in [0.1, 0.15) is 51.1 Å². The number of nitrogens with one attached hydrogen (secondary N) is 1. The molecular formula is C22H25N5O. The third kappa shape index (κ3) is 2.48. The molecule has 1 aliphatic heterocycles. The van der Waals surface area contributed by atoms with E-state index in [-0.39, 0.29) is 5.91 Å². The predicted molar refractivity (Wildman–Crippen MR) is 110 cm³/mol. The van der Waals surface area contributed by atoms with Crippen molar-refractivity contribution in [3.63, 3.8) is 0 Å². The quantitative estimate of drug-likeness (QED) is 0.714. The number of aromatic nitrogens is 3. The molecule has 5 rings (SSSR count). The molecule has 3 N–H and O–H groups in total. The van der Waals surface area contributed by atoms with E-state index >= 15 is 0 Å². The number of carbonyl (C=O) groups is 1. The summed E-state index contributed by atoms with van der Waals surface area (Å²) in [6.07, 6.45) is 5.91. The molecular weight excluding hydrogens is 350 g/mol. The molecule has 3 heterocycles. The van der Waals surface area contributed by atoms with Crippen LogP contribution in [0, 0.1) is 0 Å². The number of nitrogens with zero attached hydrogens (tertiary/aromatic N) is 3. The fraction of sp³-hybridized carbons (Fsp3) is 0.409. The van der Waals surface area contributed by atoms with Crippen LogP contribution in [0.25, 0.3) is 22.2 Å². The summed E-state index contributed by atoms with van der Waals surface area (Å²) >= 11 is 0. The van der Waals surface area contributed by atoms with Gasteiger partial charge in [0.05, 0.1) is 17.0 Å². The van der Waals surface area contributed by atoms with Crippen LogP contribution in [0.2, 0.25) is 0 Å². The largest absolute Gasteiger partial charge is 0.328 e. The summed E-state index contributed by atoms with van der Waals surface area (Å²) in [5, 5.41) is 9.12. The van der Waals surface area contributed by atoms with Crippen LogP contribution >= 0.6 is 0 Å². The smallest absolute Gasteiger partial charge is 0.235 e. The Morgan fingerprint density at radius 3 is 2.68 bits per heavy atom. The van der Waals surface area contributed by atoms with E-state index in [1.165, 1.54) is 0 Å². The SMILES string of the molecule is CC1(C)C(=O)Nc2nccc(-c3nn([C@H]4CC[C@H](N)CC4)c4ccccc34)c21. The number of amides is 1. The minimum absolute atomic E-state index is 0.0209. The zero-order chi connectivity index (χ0) is 19.5. The molecule has 1 amide bonds. The second-order valence-corrected chi connectivity index (χ2v) is 8.54. The van der Waals surface area contributed by atoms with Crippen molar-refractivity contribution in [2.45, 2.75) is 57.0 Å². The van der Waals surface area contributed by atoms with Gasteiger partial charge in [0.1, 0.15) is 11.5 Å². The molecule has 6 nitrogen and oxygen atoms in total. The van der Waals surface area contributed by atoms with Crippen LogP contribution < -0.4 is 11.1 Å². The van der Waals surface area contributed by atoms with Crippen molar-refractivity contribution in [3.8, 4) is 11.3 Å². The maximum atomic E-state index is 12.5. The standard InChI is InChI=1S/C22H25N5O/c1-22(2)18-16(11-12-24-20(18)25-21(22)28)19-15-5-3-4-6-17(15)27(26-19)14-9-7-13(23)8-10-14/h3-6,11-14H,7-10,23H2,1-2H3,(H,24,25,28)/t13-,14-. The van der Waals surface area contributed by atoms with E-state index in [1.54, 1.807) is 6.20 Å². The molecule has 1 fully saturated rings. The van der Waals surface area contributed by atoms with Crippen molar-refractivity contribution in [1.29, 1.82) is 0 Å². The van der Waals surface area contributed by atoms with Gasteiger partial charge in [-0.1, -0.05) is 18.2 Å². The third-order valence-corrected chi connectivity index (χ3v) is 6.33. The normalized spacial score (nSPS) is 23.6. The van der Waals surface area contributed by atoms with Gasteiger partial charge >= 0.3 is 0 Å². The second kappa shape index (κ2) is 6.14. The van der Waals surface area contributed by atoms with Gasteiger partial charge in [-0.15, -0.1) is 0 Å². The number of rotatable bonds is 2. The highest BCUT2D eigenvalue weighted by Gasteiger charge is 2.42. The first-order chi connectivity index (χ1) is 13.5. The first kappa shape index (κ1) is 17.4. The fourth-order valence-corrected chi connectivity index (χ4v) is 4.68. The summed E-state index contributed by atoms with van der Waals surface area (Å²) in [5.41, 5.74) is 9.45. The summed E-state index contributed by atoms with van der Waals surface area (Å²) in [6, 6.07) is 11.0. The summed E-state index contributed by atoms with van der Waals surface area (Å²) in [7, 11) is 0. The van der Waals surface area contributed by atoms with Gasteiger partial charge < -0.3 is 11.1 Å². The Bertz CT molecular complexity index is 1080. The van der Waals surface area contributed by atoms with Crippen molar-refractivity contribution >= 4 is 22.6 Å². The van der Waals surface area contributed by atoms with E-state index in [9.17, 15) is 4.79 Å². The number of benzene rings is 1. The van der Waals surface area contributed by atoms with Crippen LogP contribution in [0.15, 0.2) is 36.5 Å². The zero-order valence-corrected chi connectivity index (χ0v) is 16.3. The summed E-state index contributed by atoms with van der Waals surface area (Å²) < 4.78 is 2.18. The van der Waals surface area contributed by atoms with Gasteiger partial charge in [-0.3, -0.25) is 9.48 Å². The molecule has 144 valence electrons. The van der Waals surface area contributed by atoms with Crippen LogP contribution in [0.5, 0.6) is 0 Å². The Labute approximate surface area is 164 Å². The highest BCUT2D eigenvalue weighted by molar-refractivity contribution is 6.08. The third-order valence-electron chi connectivity index (χ3n) is 6.33. The molecule has 3 aromatic rings. The van der Waals surface area contributed by atoms with Gasteiger partial charge in [0.25, 0.3) is 0 Å². The Hall–Kier alpha value is -2.73. The molecule has 2 aromatic heterocycles. The predicted octanol–water partition coefficient (Wildman–Crippen LogP) is 3.77. The molecule has 0 saturated heterocycles. The number of pyridine rings is 1. The molecule has 0 radical (unpaired) electrons. The number of anilines is 1. The van der Waals surface area contributed by atoms with Crippen LogP contribution in [0.4, 0.5) is 5.82 Å². The van der Waals surface area contributed by atoms with E-state index in [2.05, 4.69) is 33.2 Å². The molecule has 0 spiro atoms. The summed E-state index contributed by atoms with van der Waals surface area (Å²) in [4.78, 5) is 16.9. The average Bonchev–Trinajstić information content (AvgIpc) is 3.18. The minimum atomic E-state index is -0.637. The first-order valence-electron chi connectivity index (χ1n) is 10.0. The van der Waals surface area contributed by atoms with E-state index in [4.69, 9.17) is 10.8 Å². The van der Waals surface area contributed by atoms with Crippen molar-refractivity contribution in [3.05, 3.63) is 42.1 Å². The highest BCUT2D eigenvalue weighted by Crippen LogP contribution is 2.44. The topological polar surface area (TPSA) is 85.8 Å². The lowest BCUT2D eigenvalue weighted by molar-refractivity contribution is -0.119. The van der Waals surface area contributed by atoms with Gasteiger partial charge in [0.2, 0.25) is 5.91 Å². The lowest BCUT2D eigenvalue weighted by Gasteiger charge is -2.26. The lowest BCUT2D eigenvalue weighted by Crippen LogP contribution is -2.28. The number of carbonyl (C=O) groups excluding carboxylic acids is 1. The first-order valence-corrected chi connectivity index (χ1v) is 10.0. The molecule has 1 aliphatic carbocycles. The van der Waals surface area contributed by atoms with E-state index in [1.807, 2.05) is 26.0 Å². The molecule has 0 atom stereocenters. The number of nitrogens with two attached hydrogens (primary N) is 1. The molecule has 0 unspecified atom stereocenters. The molecule has 6 heteroatoms. The number of fused-ring (bicyclic) bond motifs is 2. The van der Waals surface area contributed by atoms with Gasteiger partial charge in [0.15, 0.2) is 0 Å². The van der Waals surface area contributed by atoms with E-state index < -0.39 is 5.41 Å². The van der Waals surface area contributed by atoms with Crippen LogP contribution in [-0.2, 0) is 10.2 Å². The van der Waals surface area contributed by atoms with Gasteiger partial charge in [-0.05, 0) is 51.7 Å². The van der Waals surface area contributed by atoms with Crippen molar-refractivity contribution in [2.24, 2.45) is 5.73 Å². The minimum Gasteiger partial charge on any atom is -0.328 e. The molecule has 1 aromatic carbocycles. The van der Waals surface area contributed by atoms with Gasteiger partial charge in [-0.25, -0.2) is 4.98 Å². The molecule has 0 bridgehead atoms. The van der Waals surface area contributed by atoms with Gasteiger partial charge in [-0.2, -0.15) is 5.10 Å². The lowest BCUT2D eigenvalue weighted by atomic mass is 9.83. The second-order valence-electron chi connectivity index (χ2n) is 8.54. The van der Waals surface area contributed by atoms with Crippen molar-refractivity contribution < 1.29 is 4.79 Å². The average molecular weight is 375 g/mol. The van der Waals surface area contributed by atoms with E-state index in [0.29, 0.717) is 17.9 Å². The zero-order valence-electron chi connectivity index (χ0n) is 16.3. The van der Waals surface area contributed by atoms with Crippen molar-refractivity contribution in [2.75, 3.05) is 5.32 Å². The number of hydrogen-bond acceptors (Lipinski definition) is 4. The molecule has 2 aliphatic rings. The van der Waals surface area contributed by atoms with E-state index in [0.717, 1.165) is 53.4 Å². The highest BCUT2D eigenvalue weighted by atomic mass is 16.2. The Morgan fingerprint density at radius 1 is 1.14 bits per heavy atom. The maximum Gasteiger partial charge on any atom is 0.235 e. The van der Waals surface area contributed by atoms with Gasteiger partial charge in [0, 0.05) is 28.8 Å². The summed E-state index contributed by atoms with van der Waals surface area (Å²) in [6.45, 7) is 3.89. The fourth-order valence-electron chi connectivity index (χ4n) is 4.68. The number of hydrogen-bond donors (Lipinski definition) is 2. The Morgan fingerprint density at radius 2 is 1.89 bits per heavy atom. The Balaban J connectivity index is 1.70. The van der Waals surface area contributed by atoms with Crippen LogP contribution in [0.3, 0.4) is 0 Å². The van der Waals surface area contributed by atoms with Crippen LogP contribution in [-0.4, -0.2) is 26.7 Å². The molecule has 28 heavy (non-hydrogen) atoms. The Kier molecular flexibility index (Phi) is 3.81. The van der Waals surface area contributed by atoms with Crippen molar-refractivity contribution in [1.82, 2.24) is 14.8 Å². The molecule has 1 saturated carbocycles. The number of para-hydroxylation sites is 1. The monoisotopic (exact) mass is 375 g/mol. The summed E-state index contributed by atoms with van der Waals surface area (Å²) in [5.74, 6) is 0.627.